The van der Waals surface area contributed by atoms with Crippen molar-refractivity contribution in [2.75, 3.05) is 0 Å². The maximum atomic E-state index is 3.99. The Morgan fingerprint density at radius 3 is 2.67 bits per heavy atom. The lowest BCUT2D eigenvalue weighted by Gasteiger charge is -1.84. The standard InChI is InChI=1S/C8H16N/c1-3-5-6-7-8-9-4-2/h4,8H,3,5-7H2,1-2H3/q+1. The molecule has 0 saturated carbocycles. The first-order chi connectivity index (χ1) is 4.41. The molecule has 0 N–H and O–H groups in total. The SMILES string of the molecule is CC=[N+]=CCCCCC. The molecule has 0 aromatic heterocycles. The fraction of sp³-hybridized carbons (Fsp3) is 0.750. The summed E-state index contributed by atoms with van der Waals surface area (Å²) in [6.45, 7) is 4.15. The summed E-state index contributed by atoms with van der Waals surface area (Å²) in [5.41, 5.74) is 0. The Labute approximate surface area is 57.5 Å². The largest absolute Gasteiger partial charge is 0.268 e. The van der Waals surface area contributed by atoms with Crippen molar-refractivity contribution >= 4 is 12.4 Å². The lowest BCUT2D eigenvalue weighted by molar-refractivity contribution is 0.746. The Morgan fingerprint density at radius 2 is 2.11 bits per heavy atom. The third kappa shape index (κ3) is 7.45. The number of unbranched alkanes of at least 4 members (excludes halogenated alkanes) is 3. The van der Waals surface area contributed by atoms with Crippen LogP contribution in [-0.2, 0) is 0 Å². The molecule has 52 valence electrons. The molecular weight excluding hydrogens is 110 g/mol. The van der Waals surface area contributed by atoms with Crippen molar-refractivity contribution in [3.05, 3.63) is 0 Å². The maximum Gasteiger partial charge on any atom is 0.268 e. The van der Waals surface area contributed by atoms with Gasteiger partial charge in [-0.25, -0.2) is 0 Å². The van der Waals surface area contributed by atoms with E-state index in [1.165, 1.54) is 19.3 Å². The molecule has 0 aliphatic carbocycles. The summed E-state index contributed by atoms with van der Waals surface area (Å²) < 4.78 is 3.99. The van der Waals surface area contributed by atoms with Gasteiger partial charge in [-0.05, 0) is 6.42 Å². The number of rotatable bonds is 4. The minimum absolute atomic E-state index is 1.14. The molecule has 9 heavy (non-hydrogen) atoms. The van der Waals surface area contributed by atoms with Gasteiger partial charge in [0.1, 0.15) is 0 Å². The third-order valence-corrected chi connectivity index (χ3v) is 1.19. The van der Waals surface area contributed by atoms with Crippen LogP contribution in [-0.4, -0.2) is 12.4 Å². The van der Waals surface area contributed by atoms with E-state index in [0.29, 0.717) is 0 Å². The molecule has 0 heterocycles. The van der Waals surface area contributed by atoms with Crippen molar-refractivity contribution < 1.29 is 0 Å². The Morgan fingerprint density at radius 1 is 1.33 bits per heavy atom. The van der Waals surface area contributed by atoms with E-state index in [1.54, 1.807) is 0 Å². The Hall–Kier alpha value is -0.550. The van der Waals surface area contributed by atoms with Crippen molar-refractivity contribution in [2.24, 2.45) is 0 Å². The molecule has 0 unspecified atom stereocenters. The molecule has 0 aromatic rings. The lowest BCUT2D eigenvalue weighted by atomic mass is 10.2. The molecule has 0 saturated heterocycles. The smallest absolute Gasteiger partial charge is 0.111 e. The topological polar surface area (TPSA) is 14.1 Å². The Kier molecular flexibility index (Phi) is 6.99. The van der Waals surface area contributed by atoms with Gasteiger partial charge in [0, 0.05) is 13.3 Å². The second kappa shape index (κ2) is 7.45. The van der Waals surface area contributed by atoms with Crippen LogP contribution >= 0.6 is 0 Å². The highest BCUT2D eigenvalue weighted by Gasteiger charge is 1.84. The van der Waals surface area contributed by atoms with Crippen LogP contribution in [0.4, 0.5) is 0 Å². The van der Waals surface area contributed by atoms with Crippen LogP contribution in [0.2, 0.25) is 0 Å². The molecule has 1 nitrogen and oxygen atoms in total. The highest BCUT2D eigenvalue weighted by Crippen LogP contribution is 1.94. The molecule has 0 atom stereocenters. The quantitative estimate of drug-likeness (QED) is 0.310. The van der Waals surface area contributed by atoms with Gasteiger partial charge in [-0.1, -0.05) is 19.8 Å². The van der Waals surface area contributed by atoms with E-state index < -0.39 is 0 Å². The summed E-state index contributed by atoms with van der Waals surface area (Å²) in [6, 6.07) is 0. The van der Waals surface area contributed by atoms with Gasteiger partial charge >= 0.3 is 0 Å². The number of nitrogens with zero attached hydrogens (tertiary/aromatic N) is 1. The van der Waals surface area contributed by atoms with E-state index in [4.69, 9.17) is 0 Å². The first-order valence-electron chi connectivity index (χ1n) is 3.71. The second-order valence-corrected chi connectivity index (χ2v) is 2.09. The van der Waals surface area contributed by atoms with E-state index >= 15 is 0 Å². The van der Waals surface area contributed by atoms with Gasteiger partial charge in [0.05, 0.1) is 0 Å². The second-order valence-electron chi connectivity index (χ2n) is 2.09. The summed E-state index contributed by atoms with van der Waals surface area (Å²) in [6.07, 6.45) is 8.85. The predicted octanol–water partition coefficient (Wildman–Crippen LogP) is 1.80. The van der Waals surface area contributed by atoms with E-state index in [1.807, 2.05) is 19.4 Å². The molecule has 0 amide bonds. The average Bonchev–Trinajstić information content (AvgIpc) is 1.89. The lowest BCUT2D eigenvalue weighted by Crippen LogP contribution is -1.80. The van der Waals surface area contributed by atoms with Crippen LogP contribution in [0.5, 0.6) is 0 Å². The summed E-state index contributed by atoms with van der Waals surface area (Å²) in [5, 5.41) is 0. The molecule has 0 bridgehead atoms. The normalized spacial score (nSPS) is 8.22. The van der Waals surface area contributed by atoms with Crippen molar-refractivity contribution in [3.63, 3.8) is 0 Å². The van der Waals surface area contributed by atoms with E-state index in [9.17, 15) is 0 Å². The zero-order valence-corrected chi connectivity index (χ0v) is 6.43. The van der Waals surface area contributed by atoms with Crippen molar-refractivity contribution in [2.45, 2.75) is 39.5 Å². The summed E-state index contributed by atoms with van der Waals surface area (Å²) in [7, 11) is 0. The fourth-order valence-electron chi connectivity index (χ4n) is 0.666. The summed E-state index contributed by atoms with van der Waals surface area (Å²) >= 11 is 0. The van der Waals surface area contributed by atoms with Gasteiger partial charge in [-0.15, -0.1) is 4.67 Å². The van der Waals surface area contributed by atoms with Crippen LogP contribution in [0.15, 0.2) is 0 Å². The van der Waals surface area contributed by atoms with Crippen molar-refractivity contribution in [3.8, 4) is 0 Å². The van der Waals surface area contributed by atoms with Gasteiger partial charge in [0.25, 0.3) is 12.4 Å². The molecule has 0 aliphatic rings. The Balaban J connectivity index is 3.00. The molecule has 0 radical (unpaired) electrons. The number of hydrogen-bond acceptors (Lipinski definition) is 0. The van der Waals surface area contributed by atoms with Gasteiger partial charge in [0.2, 0.25) is 0 Å². The van der Waals surface area contributed by atoms with E-state index in [0.717, 1.165) is 6.42 Å². The summed E-state index contributed by atoms with van der Waals surface area (Å²) in [5.74, 6) is 0. The van der Waals surface area contributed by atoms with Crippen LogP contribution in [0.1, 0.15) is 39.5 Å². The van der Waals surface area contributed by atoms with Gasteiger partial charge in [-0.2, -0.15) is 0 Å². The highest BCUT2D eigenvalue weighted by molar-refractivity contribution is 5.64. The van der Waals surface area contributed by atoms with Gasteiger partial charge in [-0.3, -0.25) is 0 Å². The van der Waals surface area contributed by atoms with Crippen molar-refractivity contribution in [1.82, 2.24) is 4.67 Å². The Bertz CT molecular complexity index is 99.1. The highest BCUT2D eigenvalue weighted by atomic mass is 14.5. The fourth-order valence-corrected chi connectivity index (χ4v) is 0.666. The monoisotopic (exact) mass is 126 g/mol. The molecule has 0 rings (SSSR count). The third-order valence-electron chi connectivity index (χ3n) is 1.19. The first-order valence-corrected chi connectivity index (χ1v) is 3.71. The van der Waals surface area contributed by atoms with E-state index in [2.05, 4.69) is 11.6 Å². The van der Waals surface area contributed by atoms with Gasteiger partial charge in [0.15, 0.2) is 0 Å². The molecule has 0 fully saturated rings. The molecular formula is C8H16N+. The molecule has 0 aliphatic heterocycles. The summed E-state index contributed by atoms with van der Waals surface area (Å²) in [4.78, 5) is 0. The molecule has 0 aromatic carbocycles. The average molecular weight is 126 g/mol. The van der Waals surface area contributed by atoms with Crippen LogP contribution < -0.4 is 4.67 Å². The maximum absolute atomic E-state index is 3.99. The minimum atomic E-state index is 1.14. The number of hydrogen-bond donors (Lipinski definition) is 0. The predicted molar refractivity (Wildman–Crippen MR) is 44.1 cm³/mol. The van der Waals surface area contributed by atoms with Crippen LogP contribution in [0, 0.1) is 0 Å². The van der Waals surface area contributed by atoms with E-state index in [-0.39, 0.29) is 0 Å². The van der Waals surface area contributed by atoms with Gasteiger partial charge < -0.3 is 0 Å². The zero-order valence-electron chi connectivity index (χ0n) is 6.43. The van der Waals surface area contributed by atoms with Crippen LogP contribution in [0.25, 0.3) is 0 Å². The first kappa shape index (κ1) is 8.45. The molecule has 1 heteroatoms. The minimum Gasteiger partial charge on any atom is -0.111 e. The zero-order chi connectivity index (χ0) is 6.95. The van der Waals surface area contributed by atoms with Crippen LogP contribution in [0.3, 0.4) is 0 Å². The molecule has 0 spiro atoms. The van der Waals surface area contributed by atoms with Crippen molar-refractivity contribution in [1.29, 1.82) is 0 Å².